The molecule has 2 aromatic rings. The first kappa shape index (κ1) is 14.5. The Kier molecular flexibility index (Phi) is 5.08. The van der Waals surface area contributed by atoms with Gasteiger partial charge in [0.25, 0.3) is 5.69 Å². The van der Waals surface area contributed by atoms with Crippen molar-refractivity contribution < 1.29 is 4.92 Å². The van der Waals surface area contributed by atoms with E-state index in [1.807, 2.05) is 0 Å². The van der Waals surface area contributed by atoms with Gasteiger partial charge < -0.3 is 5.32 Å². The highest BCUT2D eigenvalue weighted by Crippen LogP contribution is 2.30. The van der Waals surface area contributed by atoms with Crippen LogP contribution in [-0.2, 0) is 5.75 Å². The summed E-state index contributed by atoms with van der Waals surface area (Å²) in [6.45, 7) is 4.24. The van der Waals surface area contributed by atoms with Crippen molar-refractivity contribution in [2.24, 2.45) is 0 Å². The van der Waals surface area contributed by atoms with Crippen molar-refractivity contribution >= 4 is 33.9 Å². The van der Waals surface area contributed by atoms with Gasteiger partial charge in [-0.1, -0.05) is 47.4 Å². The molecule has 20 heavy (non-hydrogen) atoms. The maximum Gasteiger partial charge on any atom is 0.273 e. The minimum absolute atomic E-state index is 0.134. The van der Waals surface area contributed by atoms with Gasteiger partial charge in [-0.2, -0.15) is 0 Å². The number of rotatable bonds is 7. The van der Waals surface area contributed by atoms with Gasteiger partial charge >= 0.3 is 0 Å². The van der Waals surface area contributed by atoms with Crippen molar-refractivity contribution in [3.8, 4) is 0 Å². The van der Waals surface area contributed by atoms with Crippen LogP contribution in [0.5, 0.6) is 0 Å². The minimum Gasteiger partial charge on any atom is -0.357 e. The van der Waals surface area contributed by atoms with Gasteiger partial charge in [0.15, 0.2) is 4.34 Å². The van der Waals surface area contributed by atoms with Crippen LogP contribution in [0.3, 0.4) is 0 Å². The lowest BCUT2D eigenvalue weighted by molar-refractivity contribution is -0.385. The average molecular weight is 308 g/mol. The fourth-order valence-electron chi connectivity index (χ4n) is 1.45. The van der Waals surface area contributed by atoms with E-state index >= 15 is 0 Å². The molecule has 0 amide bonds. The second kappa shape index (κ2) is 7.01. The topological polar surface area (TPSA) is 81.0 Å². The Hall–Kier alpha value is -1.93. The van der Waals surface area contributed by atoms with Gasteiger partial charge in [-0.15, -0.1) is 16.8 Å². The zero-order chi connectivity index (χ0) is 14.4. The lowest BCUT2D eigenvalue weighted by Gasteiger charge is -2.00. The summed E-state index contributed by atoms with van der Waals surface area (Å²) in [6.07, 6.45) is 1.74. The van der Waals surface area contributed by atoms with Crippen LogP contribution in [0.2, 0.25) is 0 Å². The summed E-state index contributed by atoms with van der Waals surface area (Å²) in [5.41, 5.74) is 0.813. The number of benzene rings is 1. The number of nitrogens with one attached hydrogen (secondary N) is 1. The molecule has 8 heteroatoms. The van der Waals surface area contributed by atoms with E-state index in [9.17, 15) is 10.1 Å². The number of hydrogen-bond donors (Lipinski definition) is 1. The van der Waals surface area contributed by atoms with Crippen molar-refractivity contribution in [3.05, 3.63) is 52.6 Å². The fraction of sp³-hybridized carbons (Fsp3) is 0.167. The molecular weight excluding hydrogens is 296 g/mol. The van der Waals surface area contributed by atoms with Crippen LogP contribution in [0.15, 0.2) is 41.3 Å². The first-order valence-corrected chi connectivity index (χ1v) is 7.54. The summed E-state index contributed by atoms with van der Waals surface area (Å²) < 4.78 is 0.773. The number of para-hydroxylation sites is 1. The molecule has 0 spiro atoms. The molecule has 1 heterocycles. The molecular formula is C12H12N4O2S2. The Bertz CT molecular complexity index is 615. The molecule has 6 nitrogen and oxygen atoms in total. The maximum absolute atomic E-state index is 10.9. The van der Waals surface area contributed by atoms with E-state index < -0.39 is 0 Å². The van der Waals surface area contributed by atoms with E-state index in [4.69, 9.17) is 0 Å². The Balaban J connectivity index is 2.00. The zero-order valence-electron chi connectivity index (χ0n) is 10.5. The summed E-state index contributed by atoms with van der Waals surface area (Å²) in [4.78, 5) is 10.5. The highest BCUT2D eigenvalue weighted by atomic mass is 32.2. The van der Waals surface area contributed by atoms with Crippen LogP contribution in [0.1, 0.15) is 5.56 Å². The van der Waals surface area contributed by atoms with Crippen molar-refractivity contribution in [1.29, 1.82) is 0 Å². The number of aromatic nitrogens is 2. The molecule has 0 aliphatic rings. The van der Waals surface area contributed by atoms with Gasteiger partial charge in [-0.3, -0.25) is 10.1 Å². The molecule has 2 rings (SSSR count). The number of hydrogen-bond acceptors (Lipinski definition) is 7. The summed E-state index contributed by atoms with van der Waals surface area (Å²) in [7, 11) is 0. The molecule has 1 aromatic carbocycles. The molecule has 0 atom stereocenters. The molecule has 104 valence electrons. The van der Waals surface area contributed by atoms with Crippen molar-refractivity contribution in [3.63, 3.8) is 0 Å². The van der Waals surface area contributed by atoms with E-state index in [0.717, 1.165) is 9.47 Å². The number of nitro groups is 1. The summed E-state index contributed by atoms with van der Waals surface area (Å²) in [5, 5.41) is 22.7. The number of anilines is 1. The third-order valence-corrected chi connectivity index (χ3v) is 4.41. The molecule has 0 radical (unpaired) electrons. The zero-order valence-corrected chi connectivity index (χ0v) is 12.1. The van der Waals surface area contributed by atoms with Crippen LogP contribution < -0.4 is 5.32 Å². The van der Waals surface area contributed by atoms with Crippen LogP contribution in [-0.4, -0.2) is 21.7 Å². The van der Waals surface area contributed by atoms with Crippen LogP contribution in [0.25, 0.3) is 0 Å². The van der Waals surface area contributed by atoms with Crippen LogP contribution in [0, 0.1) is 10.1 Å². The highest BCUT2D eigenvalue weighted by Gasteiger charge is 2.13. The van der Waals surface area contributed by atoms with Crippen molar-refractivity contribution in [2.45, 2.75) is 10.1 Å². The molecule has 0 saturated carbocycles. The van der Waals surface area contributed by atoms with Gasteiger partial charge in [0.05, 0.1) is 4.92 Å². The molecule has 0 unspecified atom stereocenters. The largest absolute Gasteiger partial charge is 0.357 e. The van der Waals surface area contributed by atoms with E-state index in [-0.39, 0.29) is 10.6 Å². The first-order valence-electron chi connectivity index (χ1n) is 5.74. The summed E-state index contributed by atoms with van der Waals surface area (Å²) >= 11 is 2.85. The molecule has 0 aliphatic heterocycles. The average Bonchev–Trinajstić information content (AvgIpc) is 2.91. The minimum atomic E-state index is -0.368. The number of nitro benzene ring substituents is 1. The van der Waals surface area contributed by atoms with Gasteiger partial charge in [0, 0.05) is 23.9 Å². The Morgan fingerprint density at radius 2 is 2.25 bits per heavy atom. The number of nitrogens with zero attached hydrogens (tertiary/aromatic N) is 3. The van der Waals surface area contributed by atoms with E-state index in [1.165, 1.54) is 29.2 Å². The molecule has 0 bridgehead atoms. The smallest absolute Gasteiger partial charge is 0.273 e. The third kappa shape index (κ3) is 3.78. The van der Waals surface area contributed by atoms with Gasteiger partial charge in [-0.05, 0) is 0 Å². The normalized spacial score (nSPS) is 10.2. The lowest BCUT2D eigenvalue weighted by Crippen LogP contribution is -1.96. The molecule has 0 aliphatic carbocycles. The summed E-state index contributed by atoms with van der Waals surface area (Å²) in [6, 6.07) is 6.71. The van der Waals surface area contributed by atoms with Gasteiger partial charge in [0.1, 0.15) is 0 Å². The molecule has 1 aromatic heterocycles. The second-order valence-electron chi connectivity index (χ2n) is 3.72. The van der Waals surface area contributed by atoms with Crippen LogP contribution in [0.4, 0.5) is 10.8 Å². The van der Waals surface area contributed by atoms with E-state index in [1.54, 1.807) is 24.3 Å². The Morgan fingerprint density at radius 1 is 1.45 bits per heavy atom. The molecule has 0 fully saturated rings. The fourth-order valence-corrected chi connectivity index (χ4v) is 3.20. The Labute approximate surface area is 124 Å². The SMILES string of the molecule is C=CCNc1nnc(SCc2ccccc2[N+](=O)[O-])s1. The lowest BCUT2D eigenvalue weighted by atomic mass is 10.2. The van der Waals surface area contributed by atoms with Gasteiger partial charge in [-0.25, -0.2) is 0 Å². The monoisotopic (exact) mass is 308 g/mol. The number of thioether (sulfide) groups is 1. The van der Waals surface area contributed by atoms with Crippen molar-refractivity contribution in [1.82, 2.24) is 10.2 Å². The summed E-state index contributed by atoms with van der Waals surface area (Å²) in [5.74, 6) is 0.493. The second-order valence-corrected chi connectivity index (χ2v) is 5.92. The molecule has 0 saturated heterocycles. The predicted molar refractivity (Wildman–Crippen MR) is 81.3 cm³/mol. The maximum atomic E-state index is 10.9. The Morgan fingerprint density at radius 3 is 3.00 bits per heavy atom. The highest BCUT2D eigenvalue weighted by molar-refractivity contribution is 8.00. The van der Waals surface area contributed by atoms with Gasteiger partial charge in [0.2, 0.25) is 5.13 Å². The third-order valence-electron chi connectivity index (χ3n) is 2.34. The standard InChI is InChI=1S/C12H12N4O2S2/c1-2-7-13-11-14-15-12(20-11)19-8-9-5-3-4-6-10(9)16(17)18/h2-6H,1,7-8H2,(H,13,14). The molecule has 1 N–H and O–H groups in total. The first-order chi connectivity index (χ1) is 9.70. The van der Waals surface area contributed by atoms with Crippen molar-refractivity contribution in [2.75, 3.05) is 11.9 Å². The van der Waals surface area contributed by atoms with Crippen LogP contribution >= 0.6 is 23.1 Å². The quantitative estimate of drug-likeness (QED) is 0.366. The van der Waals surface area contributed by atoms with E-state index in [0.29, 0.717) is 17.9 Å². The van der Waals surface area contributed by atoms with E-state index in [2.05, 4.69) is 22.1 Å². The predicted octanol–water partition coefficient (Wildman–Crippen LogP) is 3.34.